The maximum absolute atomic E-state index is 14.0. The minimum Gasteiger partial charge on any atom is -0.481 e. The number of nitrogens with one attached hydrogen (secondary N) is 1. The van der Waals surface area contributed by atoms with Gasteiger partial charge in [-0.15, -0.1) is 0 Å². The summed E-state index contributed by atoms with van der Waals surface area (Å²) >= 11 is 0. The second-order valence-electron chi connectivity index (χ2n) is 5.63. The van der Waals surface area contributed by atoms with Gasteiger partial charge in [-0.05, 0) is 12.5 Å². The van der Waals surface area contributed by atoms with E-state index >= 15 is 0 Å². The Bertz CT molecular complexity index is 739. The summed E-state index contributed by atoms with van der Waals surface area (Å²) in [6.45, 7) is -0.861. The standard InChI is InChI=1S/C14H17F2N3O7/c15-14(16)11(24)7(6-20)26-12(14)19-5-4-8(18-13(19)25)17-9(21)2-1-3-10(22)23/h4-5,7,11-12,20,24H,1-3,6H2,(H,22,23)(H,17,18,21,25)/t7-,11-,12-/m1/s1. The molecule has 0 aliphatic carbocycles. The van der Waals surface area contributed by atoms with Gasteiger partial charge >= 0.3 is 17.6 Å². The Balaban J connectivity index is 2.09. The quantitative estimate of drug-likeness (QED) is 0.488. The molecule has 26 heavy (non-hydrogen) atoms. The van der Waals surface area contributed by atoms with Gasteiger partial charge < -0.3 is 25.4 Å². The zero-order valence-electron chi connectivity index (χ0n) is 13.3. The Morgan fingerprint density at radius 3 is 2.62 bits per heavy atom. The van der Waals surface area contributed by atoms with E-state index in [0.29, 0.717) is 4.57 Å². The minimum absolute atomic E-state index is 0.0841. The number of aliphatic hydroxyl groups is 2. The zero-order chi connectivity index (χ0) is 19.5. The highest BCUT2D eigenvalue weighted by Gasteiger charge is 2.59. The smallest absolute Gasteiger partial charge is 0.351 e. The van der Waals surface area contributed by atoms with Crippen LogP contribution in [0, 0.1) is 0 Å². The molecule has 12 heteroatoms. The Hall–Kier alpha value is -2.44. The SMILES string of the molecule is O=C(O)CCCC(=O)Nc1ccn([C@@H]2O[C@H](CO)[C@@H](O)C2(F)F)c(=O)n1. The summed E-state index contributed by atoms with van der Waals surface area (Å²) in [7, 11) is 0. The molecule has 0 unspecified atom stereocenters. The van der Waals surface area contributed by atoms with Crippen LogP contribution in [0.1, 0.15) is 25.5 Å². The lowest BCUT2D eigenvalue weighted by Crippen LogP contribution is -2.41. The molecule has 0 bridgehead atoms. The first-order valence-electron chi connectivity index (χ1n) is 7.60. The van der Waals surface area contributed by atoms with Crippen LogP contribution in [0.4, 0.5) is 14.6 Å². The first kappa shape index (κ1) is 19.9. The van der Waals surface area contributed by atoms with E-state index in [0.717, 1.165) is 12.3 Å². The Kier molecular flexibility index (Phi) is 6.00. The molecule has 10 nitrogen and oxygen atoms in total. The van der Waals surface area contributed by atoms with Crippen LogP contribution >= 0.6 is 0 Å². The van der Waals surface area contributed by atoms with E-state index in [4.69, 9.17) is 14.9 Å². The Labute approximate surface area is 145 Å². The molecule has 2 heterocycles. The fourth-order valence-electron chi connectivity index (χ4n) is 2.38. The van der Waals surface area contributed by atoms with Gasteiger partial charge in [0.2, 0.25) is 12.1 Å². The predicted octanol–water partition coefficient (Wildman–Crippen LogP) is -0.677. The van der Waals surface area contributed by atoms with E-state index < -0.39 is 48.5 Å². The van der Waals surface area contributed by atoms with Crippen LogP contribution in [-0.2, 0) is 14.3 Å². The van der Waals surface area contributed by atoms with Gasteiger partial charge in [-0.3, -0.25) is 14.2 Å². The second-order valence-corrected chi connectivity index (χ2v) is 5.63. The number of carboxylic acids is 1. The fourth-order valence-corrected chi connectivity index (χ4v) is 2.38. The molecule has 1 aliphatic rings. The molecule has 3 atom stereocenters. The van der Waals surface area contributed by atoms with Crippen molar-refractivity contribution in [3.05, 3.63) is 22.7 Å². The summed E-state index contributed by atoms with van der Waals surface area (Å²) in [5.74, 6) is -5.68. The van der Waals surface area contributed by atoms with Crippen LogP contribution in [0.15, 0.2) is 17.1 Å². The molecule has 0 spiro atoms. The molecule has 1 saturated heterocycles. The molecular weight excluding hydrogens is 360 g/mol. The van der Waals surface area contributed by atoms with Gasteiger partial charge in [-0.1, -0.05) is 0 Å². The van der Waals surface area contributed by atoms with Crippen molar-refractivity contribution in [3.63, 3.8) is 0 Å². The van der Waals surface area contributed by atoms with Crippen molar-refractivity contribution in [2.45, 2.75) is 43.6 Å². The number of hydrogen-bond donors (Lipinski definition) is 4. The molecule has 1 amide bonds. The van der Waals surface area contributed by atoms with Gasteiger partial charge in [0.05, 0.1) is 6.61 Å². The third-order valence-corrected chi connectivity index (χ3v) is 3.70. The van der Waals surface area contributed by atoms with Gasteiger partial charge in [0.25, 0.3) is 0 Å². The highest BCUT2D eigenvalue weighted by molar-refractivity contribution is 5.89. The van der Waals surface area contributed by atoms with Gasteiger partial charge in [0.1, 0.15) is 11.9 Å². The zero-order valence-corrected chi connectivity index (χ0v) is 13.3. The molecule has 0 aromatic carbocycles. The van der Waals surface area contributed by atoms with Crippen molar-refractivity contribution >= 4 is 17.7 Å². The average molecular weight is 377 g/mol. The summed E-state index contributed by atoms with van der Waals surface area (Å²) in [5.41, 5.74) is -1.16. The van der Waals surface area contributed by atoms with Gasteiger partial charge in [0.15, 0.2) is 6.10 Å². The number of aliphatic hydroxyl groups excluding tert-OH is 2. The molecule has 1 aromatic rings. The van der Waals surface area contributed by atoms with Crippen LogP contribution in [0.2, 0.25) is 0 Å². The van der Waals surface area contributed by atoms with Gasteiger partial charge in [0, 0.05) is 19.0 Å². The lowest BCUT2D eigenvalue weighted by atomic mass is 10.1. The monoisotopic (exact) mass is 377 g/mol. The summed E-state index contributed by atoms with van der Waals surface area (Å²) < 4.78 is 33.3. The number of alkyl halides is 2. The highest BCUT2D eigenvalue weighted by atomic mass is 19.3. The van der Waals surface area contributed by atoms with E-state index in [2.05, 4.69) is 10.3 Å². The number of halogens is 2. The predicted molar refractivity (Wildman–Crippen MR) is 80.6 cm³/mol. The minimum atomic E-state index is -3.83. The number of aromatic nitrogens is 2. The maximum atomic E-state index is 14.0. The first-order chi connectivity index (χ1) is 12.2. The van der Waals surface area contributed by atoms with Gasteiger partial charge in [-0.25, -0.2) is 4.79 Å². The summed E-state index contributed by atoms with van der Waals surface area (Å²) in [6, 6.07) is 1.08. The number of anilines is 1. The molecule has 0 radical (unpaired) electrons. The molecule has 4 N–H and O–H groups in total. The number of carboxylic acid groups (broad SMARTS) is 1. The third kappa shape index (κ3) is 4.20. The van der Waals surface area contributed by atoms with E-state index in [-0.39, 0.29) is 25.1 Å². The molecule has 2 rings (SSSR count). The van der Waals surface area contributed by atoms with Crippen LogP contribution < -0.4 is 11.0 Å². The van der Waals surface area contributed by atoms with Crippen molar-refractivity contribution in [2.75, 3.05) is 11.9 Å². The van der Waals surface area contributed by atoms with E-state index in [1.165, 1.54) is 0 Å². The van der Waals surface area contributed by atoms with Crippen molar-refractivity contribution < 1.29 is 38.4 Å². The fraction of sp³-hybridized carbons (Fsp3) is 0.571. The lowest BCUT2D eigenvalue weighted by molar-refractivity contribution is -0.141. The maximum Gasteiger partial charge on any atom is 0.351 e. The molecule has 0 saturated carbocycles. The number of carbonyl (C=O) groups excluding carboxylic acids is 1. The van der Waals surface area contributed by atoms with E-state index in [9.17, 15) is 28.3 Å². The van der Waals surface area contributed by atoms with Crippen molar-refractivity contribution in [1.29, 1.82) is 0 Å². The number of hydrogen-bond acceptors (Lipinski definition) is 7. The van der Waals surface area contributed by atoms with Crippen molar-refractivity contribution in [1.82, 2.24) is 9.55 Å². The number of ether oxygens (including phenoxy) is 1. The molecule has 144 valence electrons. The normalized spacial score (nSPS) is 24.4. The number of aliphatic carboxylic acids is 1. The van der Waals surface area contributed by atoms with Crippen LogP contribution in [0.5, 0.6) is 0 Å². The summed E-state index contributed by atoms with van der Waals surface area (Å²) in [6.07, 6.45) is -5.34. The van der Waals surface area contributed by atoms with E-state index in [1.54, 1.807) is 0 Å². The largest absolute Gasteiger partial charge is 0.481 e. The van der Waals surface area contributed by atoms with Crippen LogP contribution in [0.25, 0.3) is 0 Å². The average Bonchev–Trinajstić information content (AvgIpc) is 2.77. The lowest BCUT2D eigenvalue weighted by Gasteiger charge is -2.21. The third-order valence-electron chi connectivity index (χ3n) is 3.70. The van der Waals surface area contributed by atoms with E-state index in [1.807, 2.05) is 0 Å². The Morgan fingerprint density at radius 1 is 1.38 bits per heavy atom. The summed E-state index contributed by atoms with van der Waals surface area (Å²) in [4.78, 5) is 37.4. The van der Waals surface area contributed by atoms with Crippen LogP contribution in [0.3, 0.4) is 0 Å². The molecular formula is C14H17F2N3O7. The van der Waals surface area contributed by atoms with Crippen molar-refractivity contribution in [3.8, 4) is 0 Å². The second kappa shape index (κ2) is 7.85. The van der Waals surface area contributed by atoms with Gasteiger partial charge in [-0.2, -0.15) is 13.8 Å². The number of nitrogens with zero attached hydrogens (tertiary/aromatic N) is 2. The number of amides is 1. The van der Waals surface area contributed by atoms with Crippen molar-refractivity contribution in [2.24, 2.45) is 0 Å². The highest BCUT2D eigenvalue weighted by Crippen LogP contribution is 2.41. The number of carbonyl (C=O) groups is 2. The molecule has 1 fully saturated rings. The first-order valence-corrected chi connectivity index (χ1v) is 7.60. The molecule has 1 aliphatic heterocycles. The summed E-state index contributed by atoms with van der Waals surface area (Å²) in [5, 5.41) is 29.1. The Morgan fingerprint density at radius 2 is 2.08 bits per heavy atom. The van der Waals surface area contributed by atoms with Crippen LogP contribution in [-0.4, -0.2) is 61.5 Å². The molecule has 1 aromatic heterocycles. The number of rotatable bonds is 7. The topological polar surface area (TPSA) is 151 Å².